The predicted octanol–water partition coefficient (Wildman–Crippen LogP) is -1.17. The van der Waals surface area contributed by atoms with Gasteiger partial charge in [0.2, 0.25) is 5.91 Å². The van der Waals surface area contributed by atoms with Crippen molar-refractivity contribution in [2.75, 3.05) is 24.1 Å². The van der Waals surface area contributed by atoms with Crippen LogP contribution in [0.2, 0.25) is 0 Å². The molecule has 0 aliphatic rings. The highest BCUT2D eigenvalue weighted by Gasteiger charge is 2.12. The van der Waals surface area contributed by atoms with Gasteiger partial charge in [0.1, 0.15) is 6.54 Å². The van der Waals surface area contributed by atoms with Crippen LogP contribution in [0.1, 0.15) is 10.4 Å². The third-order valence-corrected chi connectivity index (χ3v) is 3.79. The molecule has 0 aliphatic heterocycles. The zero-order valence-electron chi connectivity index (χ0n) is 15.4. The second-order valence-corrected chi connectivity index (χ2v) is 6.13. The van der Waals surface area contributed by atoms with Gasteiger partial charge in [0.25, 0.3) is 11.5 Å². The van der Waals surface area contributed by atoms with Crippen molar-refractivity contribution in [3.05, 3.63) is 58.5 Å². The van der Waals surface area contributed by atoms with E-state index >= 15 is 0 Å². The molecular formula is C18H22N6O5. The van der Waals surface area contributed by atoms with Gasteiger partial charge in [-0.15, -0.1) is 0 Å². The molecule has 11 nitrogen and oxygen atoms in total. The van der Waals surface area contributed by atoms with Crippen LogP contribution < -0.4 is 33.0 Å². The van der Waals surface area contributed by atoms with E-state index in [0.29, 0.717) is 5.69 Å². The first-order chi connectivity index (χ1) is 13.8. The number of nitrogen functional groups attached to an aromatic ring is 1. The molecular weight excluding hydrogens is 380 g/mol. The SMILES string of the molecule is NC(=O)Nc1cccc(C(=O)NC[C@H](O)CNC(=O)Cn2cccc(N)c2=O)c1. The average Bonchev–Trinajstić information content (AvgIpc) is 2.67. The van der Waals surface area contributed by atoms with Crippen molar-refractivity contribution in [3.8, 4) is 0 Å². The van der Waals surface area contributed by atoms with Gasteiger partial charge in [-0.3, -0.25) is 14.4 Å². The largest absolute Gasteiger partial charge is 0.394 e. The number of hydrogen-bond donors (Lipinski definition) is 6. The van der Waals surface area contributed by atoms with Crippen LogP contribution >= 0.6 is 0 Å². The lowest BCUT2D eigenvalue weighted by atomic mass is 10.2. The quantitative estimate of drug-likeness (QED) is 0.323. The van der Waals surface area contributed by atoms with Crippen LogP contribution in [0.3, 0.4) is 0 Å². The molecule has 1 aromatic carbocycles. The first-order valence-corrected chi connectivity index (χ1v) is 8.60. The van der Waals surface area contributed by atoms with E-state index in [4.69, 9.17) is 11.5 Å². The summed E-state index contributed by atoms with van der Waals surface area (Å²) in [5.41, 5.74) is 10.7. The zero-order valence-corrected chi connectivity index (χ0v) is 15.4. The molecule has 2 rings (SSSR count). The molecule has 0 aliphatic carbocycles. The average molecular weight is 402 g/mol. The number of benzene rings is 1. The number of nitrogens with zero attached hydrogens (tertiary/aromatic N) is 1. The number of pyridine rings is 1. The van der Waals surface area contributed by atoms with Gasteiger partial charge in [-0.1, -0.05) is 6.07 Å². The van der Waals surface area contributed by atoms with Crippen molar-refractivity contribution in [1.29, 1.82) is 0 Å². The minimum atomic E-state index is -1.05. The number of aliphatic hydroxyl groups excluding tert-OH is 1. The number of anilines is 2. The summed E-state index contributed by atoms with van der Waals surface area (Å²) in [5.74, 6) is -0.969. The Kier molecular flexibility index (Phi) is 7.32. The highest BCUT2D eigenvalue weighted by Crippen LogP contribution is 2.10. The number of nitrogens with one attached hydrogen (secondary N) is 3. The van der Waals surface area contributed by atoms with Crippen LogP contribution in [0, 0.1) is 0 Å². The Morgan fingerprint density at radius 3 is 2.55 bits per heavy atom. The first kappa shape index (κ1) is 21.4. The van der Waals surface area contributed by atoms with Crippen molar-refractivity contribution in [3.63, 3.8) is 0 Å². The molecule has 0 radical (unpaired) electrons. The summed E-state index contributed by atoms with van der Waals surface area (Å²) in [6.07, 6.45) is 0.378. The molecule has 29 heavy (non-hydrogen) atoms. The third kappa shape index (κ3) is 6.66. The fraction of sp³-hybridized carbons (Fsp3) is 0.222. The van der Waals surface area contributed by atoms with Gasteiger partial charge in [0.05, 0.1) is 11.8 Å². The molecule has 1 aromatic heterocycles. The number of urea groups is 1. The van der Waals surface area contributed by atoms with E-state index in [2.05, 4.69) is 16.0 Å². The Labute approximate surface area is 165 Å². The fourth-order valence-corrected chi connectivity index (χ4v) is 2.39. The van der Waals surface area contributed by atoms with Gasteiger partial charge >= 0.3 is 6.03 Å². The maximum absolute atomic E-state index is 12.1. The summed E-state index contributed by atoms with van der Waals surface area (Å²) in [5, 5.41) is 17.3. The standard InChI is InChI=1S/C18H22N6O5/c19-14-5-2-6-24(17(14)28)10-15(26)21-8-13(25)9-22-16(27)11-3-1-4-12(7-11)23-18(20)29/h1-7,13,25H,8-10,19H2,(H,21,26)(H,22,27)(H3,20,23,29)/t13-/m1/s1. The number of amides is 4. The van der Waals surface area contributed by atoms with Crippen molar-refractivity contribution < 1.29 is 19.5 Å². The molecule has 0 saturated carbocycles. The lowest BCUT2D eigenvalue weighted by Gasteiger charge is -2.14. The molecule has 1 atom stereocenters. The molecule has 2 aromatic rings. The highest BCUT2D eigenvalue weighted by atomic mass is 16.3. The molecule has 0 fully saturated rings. The smallest absolute Gasteiger partial charge is 0.316 e. The molecule has 0 spiro atoms. The Hall–Kier alpha value is -3.86. The van der Waals surface area contributed by atoms with Crippen molar-refractivity contribution in [1.82, 2.24) is 15.2 Å². The van der Waals surface area contributed by atoms with Gasteiger partial charge in [-0.2, -0.15) is 0 Å². The van der Waals surface area contributed by atoms with E-state index in [1.165, 1.54) is 24.4 Å². The number of carbonyl (C=O) groups is 3. The number of rotatable bonds is 8. The van der Waals surface area contributed by atoms with Gasteiger partial charge in [0, 0.05) is 30.5 Å². The molecule has 1 heterocycles. The predicted molar refractivity (Wildman–Crippen MR) is 106 cm³/mol. The monoisotopic (exact) mass is 402 g/mol. The van der Waals surface area contributed by atoms with E-state index in [-0.39, 0.29) is 30.9 Å². The van der Waals surface area contributed by atoms with E-state index in [9.17, 15) is 24.3 Å². The lowest BCUT2D eigenvalue weighted by molar-refractivity contribution is -0.122. The molecule has 0 saturated heterocycles. The van der Waals surface area contributed by atoms with Gasteiger partial charge in [0.15, 0.2) is 0 Å². The van der Waals surface area contributed by atoms with Crippen molar-refractivity contribution in [2.24, 2.45) is 5.73 Å². The Balaban J connectivity index is 1.79. The number of nitrogens with two attached hydrogens (primary N) is 2. The normalized spacial score (nSPS) is 11.3. The second-order valence-electron chi connectivity index (χ2n) is 6.13. The van der Waals surface area contributed by atoms with Gasteiger partial charge in [-0.05, 0) is 30.3 Å². The Morgan fingerprint density at radius 2 is 1.83 bits per heavy atom. The number of primary amides is 1. The topological polar surface area (TPSA) is 182 Å². The minimum absolute atomic E-state index is 0.0261. The number of aromatic nitrogens is 1. The fourth-order valence-electron chi connectivity index (χ4n) is 2.39. The minimum Gasteiger partial charge on any atom is -0.394 e. The summed E-state index contributed by atoms with van der Waals surface area (Å²) in [4.78, 5) is 46.7. The lowest BCUT2D eigenvalue weighted by Crippen LogP contribution is -2.41. The van der Waals surface area contributed by atoms with Crippen LogP contribution in [0.25, 0.3) is 0 Å². The van der Waals surface area contributed by atoms with Crippen LogP contribution in [0.5, 0.6) is 0 Å². The van der Waals surface area contributed by atoms with Crippen molar-refractivity contribution in [2.45, 2.75) is 12.6 Å². The maximum atomic E-state index is 12.1. The van der Waals surface area contributed by atoms with E-state index in [1.807, 2.05) is 0 Å². The van der Waals surface area contributed by atoms with E-state index in [0.717, 1.165) is 4.57 Å². The van der Waals surface area contributed by atoms with Crippen molar-refractivity contribution >= 4 is 29.2 Å². The molecule has 154 valence electrons. The van der Waals surface area contributed by atoms with E-state index < -0.39 is 29.5 Å². The number of aliphatic hydroxyl groups is 1. The van der Waals surface area contributed by atoms with Crippen LogP contribution in [0.4, 0.5) is 16.2 Å². The van der Waals surface area contributed by atoms with Crippen LogP contribution in [-0.2, 0) is 11.3 Å². The molecule has 0 bridgehead atoms. The molecule has 4 amide bonds. The third-order valence-electron chi connectivity index (χ3n) is 3.79. The molecule has 11 heteroatoms. The highest BCUT2D eigenvalue weighted by molar-refractivity contribution is 5.96. The first-order valence-electron chi connectivity index (χ1n) is 8.60. The summed E-state index contributed by atoms with van der Waals surface area (Å²) >= 11 is 0. The van der Waals surface area contributed by atoms with Gasteiger partial charge < -0.3 is 37.1 Å². The summed E-state index contributed by atoms with van der Waals surface area (Å²) in [6, 6.07) is 8.31. The van der Waals surface area contributed by atoms with Gasteiger partial charge in [-0.25, -0.2) is 4.79 Å². The maximum Gasteiger partial charge on any atom is 0.316 e. The molecule has 0 unspecified atom stereocenters. The number of hydrogen-bond acceptors (Lipinski definition) is 6. The summed E-state index contributed by atoms with van der Waals surface area (Å²) < 4.78 is 1.14. The molecule has 8 N–H and O–H groups in total. The second kappa shape index (κ2) is 9.90. The van der Waals surface area contributed by atoms with Crippen LogP contribution in [0.15, 0.2) is 47.4 Å². The van der Waals surface area contributed by atoms with Crippen LogP contribution in [-0.4, -0.2) is 46.7 Å². The van der Waals surface area contributed by atoms with E-state index in [1.54, 1.807) is 18.2 Å². The Bertz CT molecular complexity index is 958. The summed E-state index contributed by atoms with van der Waals surface area (Å²) in [6.45, 7) is -0.493. The summed E-state index contributed by atoms with van der Waals surface area (Å²) in [7, 11) is 0. The zero-order chi connectivity index (χ0) is 21.4. The Morgan fingerprint density at radius 1 is 1.10 bits per heavy atom. The number of carbonyl (C=O) groups excluding carboxylic acids is 3.